The number of carbonyl (C=O) groups excluding carboxylic acids is 2. The number of halogens is 1. The summed E-state index contributed by atoms with van der Waals surface area (Å²) >= 11 is 7.18. The SMILES string of the molecule is CCC(C)C(NC(=O)COCc1ccccc1)C(=O)Nc1nnc(-c2ccc(Cl)cc2)s1. The fourth-order valence-corrected chi connectivity index (χ4v) is 3.80. The van der Waals surface area contributed by atoms with Gasteiger partial charge in [-0.3, -0.25) is 14.9 Å². The van der Waals surface area contributed by atoms with E-state index in [1.165, 1.54) is 11.3 Å². The standard InChI is InChI=1S/C23H25ClN4O3S/c1-3-15(2)20(25-19(29)14-31-13-16-7-5-4-6-8-16)21(30)26-23-28-27-22(32-23)17-9-11-18(24)12-10-17/h4-12,15,20H,3,13-14H2,1-2H3,(H,25,29)(H,26,28,30). The zero-order valence-electron chi connectivity index (χ0n) is 17.9. The van der Waals surface area contributed by atoms with Gasteiger partial charge >= 0.3 is 0 Å². The van der Waals surface area contributed by atoms with Crippen LogP contribution in [0.3, 0.4) is 0 Å². The van der Waals surface area contributed by atoms with E-state index in [1.807, 2.05) is 56.3 Å². The van der Waals surface area contributed by atoms with Crippen molar-refractivity contribution >= 4 is 39.9 Å². The number of carbonyl (C=O) groups is 2. The predicted molar refractivity (Wildman–Crippen MR) is 126 cm³/mol. The van der Waals surface area contributed by atoms with Crippen molar-refractivity contribution in [3.05, 3.63) is 65.2 Å². The highest BCUT2D eigenvalue weighted by Crippen LogP contribution is 2.27. The van der Waals surface area contributed by atoms with E-state index in [2.05, 4.69) is 20.8 Å². The van der Waals surface area contributed by atoms with Crippen molar-refractivity contribution in [1.29, 1.82) is 0 Å². The fraction of sp³-hybridized carbons (Fsp3) is 0.304. The molecule has 2 N–H and O–H groups in total. The van der Waals surface area contributed by atoms with Gasteiger partial charge in [-0.15, -0.1) is 10.2 Å². The Hall–Kier alpha value is -2.81. The van der Waals surface area contributed by atoms with Crippen LogP contribution in [0.15, 0.2) is 54.6 Å². The van der Waals surface area contributed by atoms with Crippen molar-refractivity contribution in [3.63, 3.8) is 0 Å². The zero-order valence-corrected chi connectivity index (χ0v) is 19.4. The second kappa shape index (κ2) is 11.7. The summed E-state index contributed by atoms with van der Waals surface area (Å²) < 4.78 is 5.48. The minimum absolute atomic E-state index is 0.0725. The van der Waals surface area contributed by atoms with Gasteiger partial charge in [-0.25, -0.2) is 0 Å². The van der Waals surface area contributed by atoms with Crippen LogP contribution in [0.5, 0.6) is 0 Å². The number of hydrogen-bond donors (Lipinski definition) is 2. The van der Waals surface area contributed by atoms with Crippen molar-refractivity contribution < 1.29 is 14.3 Å². The van der Waals surface area contributed by atoms with Gasteiger partial charge in [0.15, 0.2) is 0 Å². The summed E-state index contributed by atoms with van der Waals surface area (Å²) in [6.07, 6.45) is 0.718. The summed E-state index contributed by atoms with van der Waals surface area (Å²) in [5, 5.41) is 15.4. The number of nitrogens with zero attached hydrogens (tertiary/aromatic N) is 2. The minimum Gasteiger partial charge on any atom is -0.367 e. The molecule has 3 rings (SSSR count). The molecule has 9 heteroatoms. The van der Waals surface area contributed by atoms with Crippen LogP contribution in [-0.4, -0.2) is 34.7 Å². The van der Waals surface area contributed by atoms with E-state index in [0.717, 1.165) is 17.5 Å². The fourth-order valence-electron chi connectivity index (χ4n) is 2.92. The first-order valence-corrected chi connectivity index (χ1v) is 11.5. The number of rotatable bonds is 10. The maximum absolute atomic E-state index is 12.9. The molecular formula is C23H25ClN4O3S. The number of hydrogen-bond acceptors (Lipinski definition) is 6. The van der Waals surface area contributed by atoms with Gasteiger partial charge in [0.2, 0.25) is 16.9 Å². The van der Waals surface area contributed by atoms with Crippen LogP contribution in [0, 0.1) is 5.92 Å². The normalized spacial score (nSPS) is 12.7. The van der Waals surface area contributed by atoms with Crippen molar-refractivity contribution in [2.24, 2.45) is 5.92 Å². The van der Waals surface area contributed by atoms with Gasteiger partial charge in [0.1, 0.15) is 17.7 Å². The molecule has 0 aliphatic carbocycles. The first-order valence-electron chi connectivity index (χ1n) is 10.3. The van der Waals surface area contributed by atoms with Gasteiger partial charge in [-0.1, -0.05) is 85.7 Å². The lowest BCUT2D eigenvalue weighted by atomic mass is 9.98. The molecule has 0 saturated heterocycles. The molecular weight excluding hydrogens is 448 g/mol. The Morgan fingerprint density at radius 1 is 1.09 bits per heavy atom. The Morgan fingerprint density at radius 3 is 2.50 bits per heavy atom. The van der Waals surface area contributed by atoms with Crippen molar-refractivity contribution in [2.75, 3.05) is 11.9 Å². The summed E-state index contributed by atoms with van der Waals surface area (Å²) in [6, 6.07) is 16.1. The third-order valence-electron chi connectivity index (χ3n) is 4.90. The molecule has 1 aromatic heterocycles. The molecule has 0 saturated carbocycles. The van der Waals surface area contributed by atoms with Gasteiger partial charge in [-0.2, -0.15) is 0 Å². The monoisotopic (exact) mass is 472 g/mol. The molecule has 32 heavy (non-hydrogen) atoms. The number of aromatic nitrogens is 2. The van der Waals surface area contributed by atoms with Crippen LogP contribution in [-0.2, 0) is 20.9 Å². The number of nitrogens with one attached hydrogen (secondary N) is 2. The average molecular weight is 473 g/mol. The van der Waals surface area contributed by atoms with E-state index in [1.54, 1.807) is 12.1 Å². The first-order chi connectivity index (χ1) is 15.5. The molecule has 2 unspecified atom stereocenters. The Kier molecular flexibility index (Phi) is 8.72. The molecule has 0 bridgehead atoms. The highest BCUT2D eigenvalue weighted by atomic mass is 35.5. The maximum Gasteiger partial charge on any atom is 0.249 e. The van der Waals surface area contributed by atoms with Gasteiger partial charge in [0.25, 0.3) is 0 Å². The molecule has 2 atom stereocenters. The Bertz CT molecular complexity index is 1030. The quantitative estimate of drug-likeness (QED) is 0.451. The van der Waals surface area contributed by atoms with Gasteiger partial charge in [0, 0.05) is 10.6 Å². The largest absolute Gasteiger partial charge is 0.367 e. The second-order valence-corrected chi connectivity index (χ2v) is 8.73. The Labute approximate surface area is 196 Å². The minimum atomic E-state index is -0.712. The number of anilines is 1. The van der Waals surface area contributed by atoms with Gasteiger partial charge in [-0.05, 0) is 23.6 Å². The molecule has 0 aliphatic heterocycles. The summed E-state index contributed by atoms with van der Waals surface area (Å²) in [5.74, 6) is -0.758. The van der Waals surface area contributed by atoms with E-state index in [4.69, 9.17) is 16.3 Å². The van der Waals surface area contributed by atoms with Crippen LogP contribution in [0.4, 0.5) is 5.13 Å². The second-order valence-electron chi connectivity index (χ2n) is 7.32. The molecule has 0 radical (unpaired) electrons. The first kappa shape index (κ1) is 23.8. The third-order valence-corrected chi connectivity index (χ3v) is 6.04. The lowest BCUT2D eigenvalue weighted by Crippen LogP contribution is -2.48. The molecule has 0 spiro atoms. The highest BCUT2D eigenvalue weighted by Gasteiger charge is 2.27. The topological polar surface area (TPSA) is 93.2 Å². The molecule has 3 aromatic rings. The molecule has 0 fully saturated rings. The predicted octanol–water partition coefficient (Wildman–Crippen LogP) is 4.54. The van der Waals surface area contributed by atoms with E-state index < -0.39 is 6.04 Å². The van der Waals surface area contributed by atoms with E-state index in [0.29, 0.717) is 21.8 Å². The van der Waals surface area contributed by atoms with Gasteiger partial charge in [0.05, 0.1) is 6.61 Å². The Balaban J connectivity index is 1.57. The lowest BCUT2D eigenvalue weighted by Gasteiger charge is -2.22. The van der Waals surface area contributed by atoms with Crippen LogP contribution in [0.2, 0.25) is 5.02 Å². The highest BCUT2D eigenvalue weighted by molar-refractivity contribution is 7.18. The van der Waals surface area contributed by atoms with Crippen molar-refractivity contribution in [2.45, 2.75) is 32.9 Å². The number of benzene rings is 2. The molecule has 2 aromatic carbocycles. The number of amides is 2. The van der Waals surface area contributed by atoms with E-state index in [-0.39, 0.29) is 24.3 Å². The third kappa shape index (κ3) is 6.85. The molecule has 7 nitrogen and oxygen atoms in total. The average Bonchev–Trinajstić information content (AvgIpc) is 3.26. The molecule has 0 aliphatic rings. The summed E-state index contributed by atoms with van der Waals surface area (Å²) in [6.45, 7) is 4.07. The van der Waals surface area contributed by atoms with Crippen LogP contribution < -0.4 is 10.6 Å². The van der Waals surface area contributed by atoms with E-state index >= 15 is 0 Å². The summed E-state index contributed by atoms with van der Waals surface area (Å²) in [5.41, 5.74) is 1.83. The number of ether oxygens (including phenoxy) is 1. The maximum atomic E-state index is 12.9. The summed E-state index contributed by atoms with van der Waals surface area (Å²) in [4.78, 5) is 25.3. The van der Waals surface area contributed by atoms with Crippen LogP contribution >= 0.6 is 22.9 Å². The smallest absolute Gasteiger partial charge is 0.249 e. The summed E-state index contributed by atoms with van der Waals surface area (Å²) in [7, 11) is 0. The Morgan fingerprint density at radius 2 is 1.81 bits per heavy atom. The van der Waals surface area contributed by atoms with Crippen LogP contribution in [0.25, 0.3) is 10.6 Å². The van der Waals surface area contributed by atoms with Crippen molar-refractivity contribution in [3.8, 4) is 10.6 Å². The van der Waals surface area contributed by atoms with Crippen LogP contribution in [0.1, 0.15) is 25.8 Å². The molecule has 2 amide bonds. The van der Waals surface area contributed by atoms with Crippen molar-refractivity contribution in [1.82, 2.24) is 15.5 Å². The molecule has 168 valence electrons. The van der Waals surface area contributed by atoms with E-state index in [9.17, 15) is 9.59 Å². The zero-order chi connectivity index (χ0) is 22.9. The van der Waals surface area contributed by atoms with Gasteiger partial charge < -0.3 is 10.1 Å². The lowest BCUT2D eigenvalue weighted by molar-refractivity contribution is -0.131. The molecule has 1 heterocycles.